The molecule has 1 N–H and O–H groups in total. The highest BCUT2D eigenvalue weighted by atomic mass is 16.5. The molecular weight excluding hydrogens is 304 g/mol. The third kappa shape index (κ3) is 1.43. The van der Waals surface area contributed by atoms with Gasteiger partial charge in [0.25, 0.3) is 0 Å². The molecule has 1 saturated heterocycles. The normalized spacial score (nSPS) is 35.5. The number of rotatable bonds is 2. The summed E-state index contributed by atoms with van der Waals surface area (Å²) in [6.45, 7) is 0.993. The molecule has 0 unspecified atom stereocenters. The molecule has 1 spiro atoms. The summed E-state index contributed by atoms with van der Waals surface area (Å²) in [4.78, 5) is 15.1. The number of methoxy groups -OCH3 is 1. The second-order valence-corrected chi connectivity index (χ2v) is 7.39. The van der Waals surface area contributed by atoms with Crippen LogP contribution >= 0.6 is 0 Å². The van der Waals surface area contributed by atoms with Crippen molar-refractivity contribution in [1.82, 2.24) is 4.90 Å². The fraction of sp³-hybridized carbons (Fsp3) is 0.526. The highest BCUT2D eigenvalue weighted by Gasteiger charge is 2.64. The first-order valence-corrected chi connectivity index (χ1v) is 8.63. The average molecular weight is 326 g/mol. The van der Waals surface area contributed by atoms with Crippen LogP contribution in [-0.4, -0.2) is 50.6 Å². The van der Waals surface area contributed by atoms with E-state index < -0.39 is 6.10 Å². The Balaban J connectivity index is 1.86. The number of carbonyl (C=O) groups excluding carboxylic acids is 1. The summed E-state index contributed by atoms with van der Waals surface area (Å²) < 4.78 is 11.9. The summed E-state index contributed by atoms with van der Waals surface area (Å²) >= 11 is 0. The van der Waals surface area contributed by atoms with Crippen molar-refractivity contribution >= 4 is 11.5 Å². The first-order chi connectivity index (χ1) is 11.6. The van der Waals surface area contributed by atoms with Crippen molar-refractivity contribution in [2.75, 3.05) is 33.1 Å². The van der Waals surface area contributed by atoms with Gasteiger partial charge in [-0.2, -0.15) is 0 Å². The van der Waals surface area contributed by atoms with Gasteiger partial charge in [-0.1, -0.05) is 6.08 Å². The smallest absolute Gasteiger partial charge is 0.196 e. The van der Waals surface area contributed by atoms with E-state index in [1.165, 1.54) is 11.1 Å². The highest BCUT2D eigenvalue weighted by Crippen LogP contribution is 2.63. The van der Waals surface area contributed by atoms with Crippen molar-refractivity contribution < 1.29 is 14.3 Å². The summed E-state index contributed by atoms with van der Waals surface area (Å²) in [7, 11) is 5.81. The molecule has 126 valence electrons. The third-order valence-corrected chi connectivity index (χ3v) is 6.60. The zero-order chi connectivity index (χ0) is 16.6. The molecule has 0 amide bonds. The van der Waals surface area contributed by atoms with Crippen LogP contribution in [0, 0.1) is 5.92 Å². The maximum atomic E-state index is 12.7. The molecule has 2 aliphatic carbocycles. The number of likely N-dealkylation sites (tertiary alicyclic amines) is 1. The number of hydrogen-bond acceptors (Lipinski definition) is 5. The predicted octanol–water partition coefficient (Wildman–Crippen LogP) is 1.75. The van der Waals surface area contributed by atoms with E-state index in [2.05, 4.69) is 23.3 Å². The number of carbonyl (C=O) groups is 1. The number of likely N-dealkylation sites (N-methyl/N-ethyl adjacent to an activating group) is 1. The molecule has 4 aliphatic rings. The number of ether oxygens (including phenoxy) is 2. The Morgan fingerprint density at radius 3 is 3.04 bits per heavy atom. The first-order valence-electron chi connectivity index (χ1n) is 8.63. The zero-order valence-corrected chi connectivity index (χ0v) is 14.3. The second kappa shape index (κ2) is 4.54. The summed E-state index contributed by atoms with van der Waals surface area (Å²) in [6.07, 6.45) is 5.39. The van der Waals surface area contributed by atoms with Crippen LogP contribution in [0.3, 0.4) is 0 Å². The first kappa shape index (κ1) is 14.3. The standard InChI is InChI=1S/C19H22N2O3/c1-20-12-9-15(23-3)17-16-10(12)8-13-11-4-5-14(22)18(24-17)19(11,16)6-7-21(13)2/h4-5,9,11,13,18,20H,6-8H2,1-3H3/t11-,13+,18-,19-/m0/s1. The van der Waals surface area contributed by atoms with Gasteiger partial charge >= 0.3 is 0 Å². The van der Waals surface area contributed by atoms with Crippen LogP contribution < -0.4 is 14.8 Å². The van der Waals surface area contributed by atoms with Gasteiger partial charge in [0.2, 0.25) is 0 Å². The molecule has 24 heavy (non-hydrogen) atoms. The predicted molar refractivity (Wildman–Crippen MR) is 91.0 cm³/mol. The molecule has 5 nitrogen and oxygen atoms in total. The zero-order valence-electron chi connectivity index (χ0n) is 14.3. The van der Waals surface area contributed by atoms with E-state index in [-0.39, 0.29) is 11.2 Å². The van der Waals surface area contributed by atoms with Crippen LogP contribution in [0.25, 0.3) is 0 Å². The fourth-order valence-corrected chi connectivity index (χ4v) is 5.53. The van der Waals surface area contributed by atoms with Gasteiger partial charge in [-0.15, -0.1) is 0 Å². The molecular formula is C19H22N2O3. The Kier molecular flexibility index (Phi) is 2.71. The third-order valence-electron chi connectivity index (χ3n) is 6.60. The van der Waals surface area contributed by atoms with Crippen LogP contribution in [0.5, 0.6) is 11.5 Å². The lowest BCUT2D eigenvalue weighted by atomic mass is 9.53. The van der Waals surface area contributed by atoms with E-state index in [0.717, 1.165) is 36.6 Å². The molecule has 1 aromatic rings. The quantitative estimate of drug-likeness (QED) is 0.897. The number of benzene rings is 1. The number of piperidine rings is 1. The molecule has 2 bridgehead atoms. The molecule has 0 saturated carbocycles. The lowest BCUT2D eigenvalue weighted by Crippen LogP contribution is -2.64. The highest BCUT2D eigenvalue weighted by molar-refractivity contribution is 5.98. The van der Waals surface area contributed by atoms with Crippen molar-refractivity contribution in [2.45, 2.75) is 30.4 Å². The Bertz CT molecular complexity index is 787. The lowest BCUT2D eigenvalue weighted by Gasteiger charge is -2.55. The van der Waals surface area contributed by atoms with Gasteiger partial charge in [-0.3, -0.25) is 4.79 Å². The minimum atomic E-state index is -0.404. The van der Waals surface area contributed by atoms with Crippen molar-refractivity contribution in [1.29, 1.82) is 0 Å². The van der Waals surface area contributed by atoms with E-state index in [9.17, 15) is 4.79 Å². The number of anilines is 1. The van der Waals surface area contributed by atoms with E-state index >= 15 is 0 Å². The average Bonchev–Trinajstić information content (AvgIpc) is 2.94. The van der Waals surface area contributed by atoms with Crippen LogP contribution in [-0.2, 0) is 16.6 Å². The molecule has 0 radical (unpaired) electrons. The van der Waals surface area contributed by atoms with E-state index in [1.54, 1.807) is 13.2 Å². The topological polar surface area (TPSA) is 50.8 Å². The van der Waals surface area contributed by atoms with Crippen LogP contribution in [0.1, 0.15) is 17.5 Å². The van der Waals surface area contributed by atoms with Crippen molar-refractivity contribution in [3.05, 3.63) is 29.3 Å². The second-order valence-electron chi connectivity index (χ2n) is 7.39. The Hall–Kier alpha value is -2.01. The Morgan fingerprint density at radius 1 is 1.46 bits per heavy atom. The minimum Gasteiger partial charge on any atom is -0.493 e. The molecule has 5 heteroatoms. The van der Waals surface area contributed by atoms with Crippen molar-refractivity contribution in [3.63, 3.8) is 0 Å². The monoisotopic (exact) mass is 326 g/mol. The van der Waals surface area contributed by atoms with E-state index in [0.29, 0.717) is 12.0 Å². The van der Waals surface area contributed by atoms with Crippen molar-refractivity contribution in [2.24, 2.45) is 5.92 Å². The summed E-state index contributed by atoms with van der Waals surface area (Å²) in [5.74, 6) is 1.93. The van der Waals surface area contributed by atoms with Crippen LogP contribution in [0.2, 0.25) is 0 Å². The summed E-state index contributed by atoms with van der Waals surface area (Å²) in [5.41, 5.74) is 3.39. The SMILES string of the molecule is CNc1cc(OC)c2c3c1C[C@@H]1[C@@H]4C=CC(=O)[C@H](O2)[C@]34CCN1C. The van der Waals surface area contributed by atoms with E-state index in [1.807, 2.05) is 13.1 Å². The number of nitrogens with one attached hydrogen (secondary N) is 1. The number of ketones is 1. The van der Waals surface area contributed by atoms with Gasteiger partial charge in [-0.05, 0) is 38.1 Å². The van der Waals surface area contributed by atoms with Gasteiger partial charge < -0.3 is 19.7 Å². The molecule has 1 fully saturated rings. The molecule has 2 heterocycles. The van der Waals surface area contributed by atoms with Gasteiger partial charge in [0.15, 0.2) is 23.4 Å². The molecule has 4 atom stereocenters. The van der Waals surface area contributed by atoms with Gasteiger partial charge in [0.05, 0.1) is 12.5 Å². The van der Waals surface area contributed by atoms with Crippen LogP contribution in [0.15, 0.2) is 18.2 Å². The maximum Gasteiger partial charge on any atom is 0.196 e. The fourth-order valence-electron chi connectivity index (χ4n) is 5.53. The molecule has 5 rings (SSSR count). The minimum absolute atomic E-state index is 0.0895. The molecule has 0 aromatic heterocycles. The maximum absolute atomic E-state index is 12.7. The number of nitrogens with zero attached hydrogens (tertiary/aromatic N) is 1. The summed E-state index contributed by atoms with van der Waals surface area (Å²) in [6, 6.07) is 2.42. The van der Waals surface area contributed by atoms with Gasteiger partial charge in [-0.25, -0.2) is 0 Å². The molecule has 2 aliphatic heterocycles. The largest absolute Gasteiger partial charge is 0.493 e. The van der Waals surface area contributed by atoms with Crippen molar-refractivity contribution in [3.8, 4) is 11.5 Å². The van der Waals surface area contributed by atoms with E-state index in [4.69, 9.17) is 9.47 Å². The Morgan fingerprint density at radius 2 is 2.29 bits per heavy atom. The summed E-state index contributed by atoms with van der Waals surface area (Å²) in [5, 5.41) is 3.33. The van der Waals surface area contributed by atoms with Gasteiger partial charge in [0, 0.05) is 36.3 Å². The Labute approximate surface area is 141 Å². The molecule has 1 aromatic carbocycles. The lowest BCUT2D eigenvalue weighted by molar-refractivity contribution is -0.127. The number of hydrogen-bond donors (Lipinski definition) is 1. The van der Waals surface area contributed by atoms with Crippen LogP contribution in [0.4, 0.5) is 5.69 Å². The van der Waals surface area contributed by atoms with Gasteiger partial charge in [0.1, 0.15) is 0 Å².